The predicted molar refractivity (Wildman–Crippen MR) is 97.3 cm³/mol. The van der Waals surface area contributed by atoms with Crippen LogP contribution in [0.2, 0.25) is 0 Å². The third kappa shape index (κ3) is 5.41. The van der Waals surface area contributed by atoms with E-state index in [4.69, 9.17) is 4.74 Å². The lowest BCUT2D eigenvalue weighted by Gasteiger charge is -2.25. The van der Waals surface area contributed by atoms with Crippen molar-refractivity contribution in [2.75, 3.05) is 13.1 Å². The Morgan fingerprint density at radius 1 is 1.42 bits per heavy atom. The number of hydrogen-bond acceptors (Lipinski definition) is 4. The van der Waals surface area contributed by atoms with Crippen LogP contribution in [0.25, 0.3) is 0 Å². The van der Waals surface area contributed by atoms with Crippen molar-refractivity contribution in [1.82, 2.24) is 4.90 Å². The number of benzene rings is 1. The second-order valence-electron chi connectivity index (χ2n) is 6.81. The molecule has 0 aromatic heterocycles. The van der Waals surface area contributed by atoms with Gasteiger partial charge in [-0.3, -0.25) is 4.79 Å². The molecule has 1 saturated heterocycles. The number of amides is 1. The Morgan fingerprint density at radius 2 is 2.12 bits per heavy atom. The van der Waals surface area contributed by atoms with E-state index in [1.54, 1.807) is 4.90 Å². The molecule has 1 heterocycles. The van der Waals surface area contributed by atoms with Crippen LogP contribution in [0.1, 0.15) is 27.2 Å². The number of carbonyl (C=O) groups excluding carboxylic acids is 1. The summed E-state index contributed by atoms with van der Waals surface area (Å²) in [4.78, 5) is 26.4. The van der Waals surface area contributed by atoms with Gasteiger partial charge in [0, 0.05) is 28.4 Å². The van der Waals surface area contributed by atoms with Gasteiger partial charge in [-0.05, 0) is 45.4 Å². The molecule has 2 rings (SSSR count). The SMILES string of the molecule is CC(C)(C)OC(=O)N1CC[C@H](C(Sc2cccc(Br)c2)C(=O)O)C1. The molecule has 1 unspecified atom stereocenters. The summed E-state index contributed by atoms with van der Waals surface area (Å²) in [5, 5.41) is 9.02. The van der Waals surface area contributed by atoms with Crippen LogP contribution in [0.15, 0.2) is 33.6 Å². The summed E-state index contributed by atoms with van der Waals surface area (Å²) >= 11 is 4.73. The number of carboxylic acid groups (broad SMARTS) is 1. The van der Waals surface area contributed by atoms with Gasteiger partial charge in [0.1, 0.15) is 10.9 Å². The van der Waals surface area contributed by atoms with Gasteiger partial charge >= 0.3 is 12.1 Å². The van der Waals surface area contributed by atoms with Crippen molar-refractivity contribution in [3.63, 3.8) is 0 Å². The first-order valence-electron chi connectivity index (χ1n) is 7.78. The van der Waals surface area contributed by atoms with Gasteiger partial charge in [-0.1, -0.05) is 22.0 Å². The van der Waals surface area contributed by atoms with Crippen LogP contribution in [-0.4, -0.2) is 46.0 Å². The van der Waals surface area contributed by atoms with Gasteiger partial charge in [-0.2, -0.15) is 0 Å². The number of aliphatic carboxylic acids is 1. The van der Waals surface area contributed by atoms with E-state index < -0.39 is 16.8 Å². The molecule has 1 N–H and O–H groups in total. The van der Waals surface area contributed by atoms with Crippen LogP contribution in [0, 0.1) is 5.92 Å². The second-order valence-corrected chi connectivity index (χ2v) is 8.94. The van der Waals surface area contributed by atoms with Crippen molar-refractivity contribution < 1.29 is 19.4 Å². The van der Waals surface area contributed by atoms with Crippen LogP contribution < -0.4 is 0 Å². The topological polar surface area (TPSA) is 66.8 Å². The number of ether oxygens (including phenoxy) is 1. The summed E-state index contributed by atoms with van der Waals surface area (Å²) in [5.74, 6) is -0.949. The summed E-state index contributed by atoms with van der Waals surface area (Å²) in [6, 6.07) is 7.58. The first-order chi connectivity index (χ1) is 11.2. The highest BCUT2D eigenvalue weighted by atomic mass is 79.9. The minimum atomic E-state index is -0.851. The first kappa shape index (κ1) is 19.1. The summed E-state index contributed by atoms with van der Waals surface area (Å²) in [6.07, 6.45) is 0.290. The van der Waals surface area contributed by atoms with Crippen molar-refractivity contribution in [2.45, 2.75) is 42.9 Å². The lowest BCUT2D eigenvalue weighted by Crippen LogP contribution is -2.36. The van der Waals surface area contributed by atoms with E-state index in [2.05, 4.69) is 15.9 Å². The van der Waals surface area contributed by atoms with Crippen molar-refractivity contribution in [3.05, 3.63) is 28.7 Å². The average Bonchev–Trinajstić information content (AvgIpc) is 2.92. The molecule has 132 valence electrons. The predicted octanol–water partition coefficient (Wildman–Crippen LogP) is 4.25. The zero-order valence-corrected chi connectivity index (χ0v) is 16.4. The molecule has 0 spiro atoms. The van der Waals surface area contributed by atoms with Gasteiger partial charge in [0.25, 0.3) is 0 Å². The monoisotopic (exact) mass is 415 g/mol. The maximum absolute atomic E-state index is 12.1. The molecule has 0 aliphatic carbocycles. The average molecular weight is 416 g/mol. The van der Waals surface area contributed by atoms with E-state index in [1.807, 2.05) is 45.0 Å². The quantitative estimate of drug-likeness (QED) is 0.744. The van der Waals surface area contributed by atoms with E-state index in [-0.39, 0.29) is 12.0 Å². The number of thioether (sulfide) groups is 1. The fraction of sp³-hybridized carbons (Fsp3) is 0.529. The van der Waals surface area contributed by atoms with E-state index in [1.165, 1.54) is 11.8 Å². The Balaban J connectivity index is 2.02. The third-order valence-electron chi connectivity index (χ3n) is 3.61. The van der Waals surface area contributed by atoms with Gasteiger partial charge in [-0.25, -0.2) is 4.79 Å². The van der Waals surface area contributed by atoms with Gasteiger partial charge in [-0.15, -0.1) is 11.8 Å². The molecule has 0 radical (unpaired) electrons. The Bertz CT molecular complexity index is 617. The Morgan fingerprint density at radius 3 is 2.71 bits per heavy atom. The molecule has 1 aliphatic rings. The maximum Gasteiger partial charge on any atom is 0.410 e. The molecule has 1 amide bonds. The fourth-order valence-electron chi connectivity index (χ4n) is 2.56. The molecule has 0 saturated carbocycles. The standard InChI is InChI=1S/C17H22BrNO4S/c1-17(2,3)23-16(22)19-8-7-11(10-19)14(15(20)21)24-13-6-4-5-12(18)9-13/h4-6,9,11,14H,7-8,10H2,1-3H3,(H,20,21)/t11-,14?/m0/s1. The molecular formula is C17H22BrNO4S. The number of nitrogens with zero attached hydrogens (tertiary/aromatic N) is 1. The zero-order valence-electron chi connectivity index (χ0n) is 14.0. The largest absolute Gasteiger partial charge is 0.480 e. The highest BCUT2D eigenvalue weighted by Crippen LogP contribution is 2.34. The number of hydrogen-bond donors (Lipinski definition) is 1. The highest BCUT2D eigenvalue weighted by molar-refractivity contribution is 9.10. The molecule has 5 nitrogen and oxygen atoms in total. The summed E-state index contributed by atoms with van der Waals surface area (Å²) < 4.78 is 6.29. The molecule has 1 aliphatic heterocycles. The van der Waals surface area contributed by atoms with Crippen molar-refractivity contribution in [1.29, 1.82) is 0 Å². The molecule has 7 heteroatoms. The van der Waals surface area contributed by atoms with Gasteiger partial charge in [0.2, 0.25) is 0 Å². The molecule has 0 bridgehead atoms. The Hall–Kier alpha value is -1.21. The minimum absolute atomic E-state index is 0.0981. The fourth-order valence-corrected chi connectivity index (χ4v) is 4.27. The number of carbonyl (C=O) groups is 2. The summed E-state index contributed by atoms with van der Waals surface area (Å²) in [5.41, 5.74) is -0.549. The summed E-state index contributed by atoms with van der Waals surface area (Å²) in [7, 11) is 0. The molecule has 1 fully saturated rings. The minimum Gasteiger partial charge on any atom is -0.480 e. The molecule has 1 aromatic rings. The number of rotatable bonds is 4. The maximum atomic E-state index is 12.1. The Kier molecular flexibility index (Phi) is 6.20. The number of likely N-dealkylation sites (tertiary alicyclic amines) is 1. The second kappa shape index (κ2) is 7.78. The molecular weight excluding hydrogens is 394 g/mol. The van der Waals surface area contributed by atoms with Crippen molar-refractivity contribution in [2.24, 2.45) is 5.92 Å². The van der Waals surface area contributed by atoms with Crippen molar-refractivity contribution >= 4 is 39.8 Å². The van der Waals surface area contributed by atoms with Gasteiger partial charge in [0.15, 0.2) is 0 Å². The van der Waals surface area contributed by atoms with Gasteiger partial charge in [0.05, 0.1) is 0 Å². The van der Waals surface area contributed by atoms with Crippen LogP contribution in [0.3, 0.4) is 0 Å². The molecule has 24 heavy (non-hydrogen) atoms. The first-order valence-corrected chi connectivity index (χ1v) is 9.46. The van der Waals surface area contributed by atoms with E-state index in [0.717, 1.165) is 9.37 Å². The van der Waals surface area contributed by atoms with Gasteiger partial charge < -0.3 is 14.7 Å². The third-order valence-corrected chi connectivity index (χ3v) is 5.47. The smallest absolute Gasteiger partial charge is 0.410 e. The number of carboxylic acids is 1. The molecule has 1 aromatic carbocycles. The van der Waals surface area contributed by atoms with Crippen LogP contribution in [0.5, 0.6) is 0 Å². The zero-order chi connectivity index (χ0) is 17.9. The lowest BCUT2D eigenvalue weighted by molar-refractivity contribution is -0.137. The van der Waals surface area contributed by atoms with Crippen LogP contribution >= 0.6 is 27.7 Å². The van der Waals surface area contributed by atoms with E-state index >= 15 is 0 Å². The molecule has 2 atom stereocenters. The van der Waals surface area contributed by atoms with Crippen LogP contribution in [-0.2, 0) is 9.53 Å². The number of halogens is 1. The Labute approximate surface area is 154 Å². The van der Waals surface area contributed by atoms with Crippen molar-refractivity contribution in [3.8, 4) is 0 Å². The highest BCUT2D eigenvalue weighted by Gasteiger charge is 2.37. The lowest BCUT2D eigenvalue weighted by atomic mass is 10.0. The van der Waals surface area contributed by atoms with E-state index in [0.29, 0.717) is 19.5 Å². The summed E-state index contributed by atoms with van der Waals surface area (Å²) in [6.45, 7) is 6.40. The van der Waals surface area contributed by atoms with Crippen LogP contribution in [0.4, 0.5) is 4.79 Å². The van der Waals surface area contributed by atoms with E-state index in [9.17, 15) is 14.7 Å². The normalized spacial score (nSPS) is 19.2.